The van der Waals surface area contributed by atoms with Gasteiger partial charge in [-0.05, 0) is 23.3 Å². The third-order valence-corrected chi connectivity index (χ3v) is 6.39. The molecule has 34 heavy (non-hydrogen) atoms. The number of benzene rings is 1. The Labute approximate surface area is 207 Å². The molecule has 2 aromatic heterocycles. The number of hydrogen-bond acceptors (Lipinski definition) is 2. The summed E-state index contributed by atoms with van der Waals surface area (Å²) in [6.45, 7) is 28.6. The third-order valence-electron chi connectivity index (χ3n) is 6.39. The standard InChI is InChI=1S/C30H46N4/c1-27(2,3)23-17-25(29(7,8)9)33(31-23)19-21-15-13-14-16-22(21)20-34-26(30(10,11)12)18-24(32-34)28(4,5)6/h13-18H,19-20H2,1-12H3. The van der Waals surface area contributed by atoms with E-state index in [9.17, 15) is 0 Å². The minimum atomic E-state index is 0.0186. The van der Waals surface area contributed by atoms with Crippen LogP contribution in [0.1, 0.15) is 117 Å². The summed E-state index contributed by atoms with van der Waals surface area (Å²) >= 11 is 0. The molecule has 3 rings (SSSR count). The Bertz CT molecular complexity index is 1040. The van der Waals surface area contributed by atoms with Crippen molar-refractivity contribution in [3.05, 3.63) is 70.3 Å². The Morgan fingerprint density at radius 3 is 1.12 bits per heavy atom. The molecule has 0 N–H and O–H groups in total. The molecule has 2 heterocycles. The lowest BCUT2D eigenvalue weighted by atomic mass is 9.87. The molecule has 0 spiro atoms. The largest absolute Gasteiger partial charge is 0.264 e. The quantitative estimate of drug-likeness (QED) is 0.406. The van der Waals surface area contributed by atoms with Crippen LogP contribution < -0.4 is 0 Å². The Morgan fingerprint density at radius 1 is 0.529 bits per heavy atom. The van der Waals surface area contributed by atoms with Gasteiger partial charge in [-0.25, -0.2) is 0 Å². The van der Waals surface area contributed by atoms with Gasteiger partial charge in [0, 0.05) is 33.0 Å². The Balaban J connectivity index is 2.04. The molecule has 0 aliphatic heterocycles. The summed E-state index contributed by atoms with van der Waals surface area (Å²) in [7, 11) is 0. The van der Waals surface area contributed by atoms with Gasteiger partial charge in [-0.1, -0.05) is 107 Å². The highest BCUT2D eigenvalue weighted by Gasteiger charge is 2.28. The second kappa shape index (κ2) is 8.70. The summed E-state index contributed by atoms with van der Waals surface area (Å²) in [4.78, 5) is 0. The summed E-state index contributed by atoms with van der Waals surface area (Å²) in [6.07, 6.45) is 0. The first-order chi connectivity index (χ1) is 15.4. The van der Waals surface area contributed by atoms with E-state index in [-0.39, 0.29) is 21.7 Å². The maximum Gasteiger partial charge on any atom is 0.0681 e. The molecule has 0 amide bonds. The molecule has 0 saturated heterocycles. The fourth-order valence-electron chi connectivity index (χ4n) is 4.20. The molecule has 0 atom stereocenters. The number of rotatable bonds is 4. The van der Waals surface area contributed by atoms with E-state index in [1.54, 1.807) is 0 Å². The fraction of sp³-hybridized carbons (Fsp3) is 0.600. The molecular weight excluding hydrogens is 416 g/mol. The van der Waals surface area contributed by atoms with Crippen molar-refractivity contribution in [1.29, 1.82) is 0 Å². The molecule has 3 aromatic rings. The van der Waals surface area contributed by atoms with Gasteiger partial charge < -0.3 is 0 Å². The van der Waals surface area contributed by atoms with E-state index in [1.165, 1.54) is 22.5 Å². The summed E-state index contributed by atoms with van der Waals surface area (Å²) in [5.74, 6) is 0. The molecule has 0 saturated carbocycles. The maximum absolute atomic E-state index is 5.08. The minimum absolute atomic E-state index is 0.0186. The van der Waals surface area contributed by atoms with Crippen LogP contribution in [-0.4, -0.2) is 19.6 Å². The molecule has 186 valence electrons. The molecule has 0 aliphatic rings. The lowest BCUT2D eigenvalue weighted by molar-refractivity contribution is 0.486. The van der Waals surface area contributed by atoms with Crippen LogP contribution in [0.4, 0.5) is 0 Å². The first-order valence-corrected chi connectivity index (χ1v) is 12.6. The van der Waals surface area contributed by atoms with Crippen molar-refractivity contribution in [2.24, 2.45) is 0 Å². The van der Waals surface area contributed by atoms with Crippen LogP contribution in [0.5, 0.6) is 0 Å². The second-order valence-corrected chi connectivity index (χ2v) is 13.9. The van der Waals surface area contributed by atoms with Gasteiger partial charge in [0.2, 0.25) is 0 Å². The topological polar surface area (TPSA) is 35.6 Å². The van der Waals surface area contributed by atoms with E-state index < -0.39 is 0 Å². The van der Waals surface area contributed by atoms with E-state index in [4.69, 9.17) is 10.2 Å². The van der Waals surface area contributed by atoms with Crippen molar-refractivity contribution in [1.82, 2.24) is 19.6 Å². The Morgan fingerprint density at radius 2 is 0.853 bits per heavy atom. The van der Waals surface area contributed by atoms with Crippen LogP contribution in [0.15, 0.2) is 36.4 Å². The highest BCUT2D eigenvalue weighted by molar-refractivity contribution is 5.31. The molecule has 4 nitrogen and oxygen atoms in total. The predicted molar refractivity (Wildman–Crippen MR) is 144 cm³/mol. The van der Waals surface area contributed by atoms with E-state index in [2.05, 4.69) is 129 Å². The van der Waals surface area contributed by atoms with Crippen LogP contribution in [-0.2, 0) is 34.7 Å². The fourth-order valence-corrected chi connectivity index (χ4v) is 4.20. The minimum Gasteiger partial charge on any atom is -0.264 e. The highest BCUT2D eigenvalue weighted by atomic mass is 15.3. The average molecular weight is 463 g/mol. The first kappa shape index (κ1) is 26.2. The van der Waals surface area contributed by atoms with Crippen LogP contribution in [0, 0.1) is 0 Å². The zero-order valence-electron chi connectivity index (χ0n) is 23.7. The van der Waals surface area contributed by atoms with Crippen LogP contribution in [0.3, 0.4) is 0 Å². The molecule has 0 bridgehead atoms. The summed E-state index contributed by atoms with van der Waals surface area (Å²) < 4.78 is 4.43. The van der Waals surface area contributed by atoms with Gasteiger partial charge in [-0.2, -0.15) is 10.2 Å². The number of aromatic nitrogens is 4. The molecule has 0 unspecified atom stereocenters. The molecular formula is C30H46N4. The van der Waals surface area contributed by atoms with Gasteiger partial charge >= 0.3 is 0 Å². The summed E-state index contributed by atoms with van der Waals surface area (Å²) in [6, 6.07) is 13.3. The third kappa shape index (κ3) is 5.82. The zero-order valence-corrected chi connectivity index (χ0v) is 23.7. The number of hydrogen-bond donors (Lipinski definition) is 0. The lowest BCUT2D eigenvalue weighted by Gasteiger charge is -2.22. The zero-order chi connectivity index (χ0) is 25.7. The van der Waals surface area contributed by atoms with Gasteiger partial charge in [0.25, 0.3) is 0 Å². The first-order valence-electron chi connectivity index (χ1n) is 12.6. The van der Waals surface area contributed by atoms with Crippen molar-refractivity contribution < 1.29 is 0 Å². The summed E-state index contributed by atoms with van der Waals surface area (Å²) in [5, 5.41) is 10.2. The maximum atomic E-state index is 5.08. The monoisotopic (exact) mass is 462 g/mol. The van der Waals surface area contributed by atoms with Gasteiger partial charge in [-0.15, -0.1) is 0 Å². The number of nitrogens with zero attached hydrogens (tertiary/aromatic N) is 4. The van der Waals surface area contributed by atoms with Crippen LogP contribution in [0.2, 0.25) is 0 Å². The average Bonchev–Trinajstić information content (AvgIpc) is 3.27. The van der Waals surface area contributed by atoms with Gasteiger partial charge in [0.1, 0.15) is 0 Å². The predicted octanol–water partition coefficient (Wildman–Crippen LogP) is 7.37. The van der Waals surface area contributed by atoms with Crippen molar-refractivity contribution >= 4 is 0 Å². The van der Waals surface area contributed by atoms with E-state index in [0.29, 0.717) is 0 Å². The smallest absolute Gasteiger partial charge is 0.0681 e. The SMILES string of the molecule is CC(C)(C)c1cc(C(C)(C)C)n(Cc2ccccc2Cn2nc(C(C)(C)C)cc2C(C)(C)C)n1. The van der Waals surface area contributed by atoms with E-state index in [1.807, 2.05) is 0 Å². The van der Waals surface area contributed by atoms with Crippen molar-refractivity contribution in [2.45, 2.75) is 118 Å². The van der Waals surface area contributed by atoms with Crippen molar-refractivity contribution in [2.75, 3.05) is 0 Å². The van der Waals surface area contributed by atoms with Gasteiger partial charge in [0.05, 0.1) is 24.5 Å². The summed E-state index contributed by atoms with van der Waals surface area (Å²) in [5.41, 5.74) is 7.51. The van der Waals surface area contributed by atoms with Crippen molar-refractivity contribution in [3.63, 3.8) is 0 Å². The second-order valence-electron chi connectivity index (χ2n) is 13.9. The lowest BCUT2D eigenvalue weighted by Crippen LogP contribution is -2.21. The van der Waals surface area contributed by atoms with E-state index in [0.717, 1.165) is 24.5 Å². The van der Waals surface area contributed by atoms with Gasteiger partial charge in [-0.3, -0.25) is 9.36 Å². The molecule has 1 aromatic carbocycles. The Hall–Kier alpha value is -2.36. The van der Waals surface area contributed by atoms with E-state index >= 15 is 0 Å². The van der Waals surface area contributed by atoms with Crippen LogP contribution in [0.25, 0.3) is 0 Å². The normalized spacial score (nSPS) is 13.5. The van der Waals surface area contributed by atoms with Gasteiger partial charge in [0.15, 0.2) is 0 Å². The van der Waals surface area contributed by atoms with Crippen molar-refractivity contribution in [3.8, 4) is 0 Å². The molecule has 0 aliphatic carbocycles. The molecule has 0 radical (unpaired) electrons. The molecule has 0 fully saturated rings. The van der Waals surface area contributed by atoms with Crippen LogP contribution >= 0.6 is 0 Å². The highest BCUT2D eigenvalue weighted by Crippen LogP contribution is 2.31. The Kier molecular flexibility index (Phi) is 6.71. The molecule has 4 heteroatoms.